The summed E-state index contributed by atoms with van der Waals surface area (Å²) in [6, 6.07) is 0.274. The van der Waals surface area contributed by atoms with Gasteiger partial charge in [0.15, 0.2) is 5.78 Å². The van der Waals surface area contributed by atoms with E-state index in [4.69, 9.17) is 4.74 Å². The van der Waals surface area contributed by atoms with Crippen molar-refractivity contribution in [2.24, 2.45) is 5.92 Å². The molecule has 0 radical (unpaired) electrons. The summed E-state index contributed by atoms with van der Waals surface area (Å²) in [4.78, 5) is 11.9. The van der Waals surface area contributed by atoms with Gasteiger partial charge in [-0.3, -0.25) is 4.79 Å². The Morgan fingerprint density at radius 1 is 1.19 bits per heavy atom. The van der Waals surface area contributed by atoms with Crippen molar-refractivity contribution in [2.45, 2.75) is 59.5 Å². The zero-order chi connectivity index (χ0) is 12.6. The van der Waals surface area contributed by atoms with Crippen LogP contribution in [0.4, 0.5) is 0 Å². The number of carbonyl (C=O) groups is 1. The van der Waals surface area contributed by atoms with Crippen molar-refractivity contribution in [1.82, 2.24) is 5.32 Å². The number of hydrogen-bond donors (Lipinski definition) is 1. The fraction of sp³-hybridized carbons (Fsp3) is 0.923. The number of hydrogen-bond acceptors (Lipinski definition) is 3. The van der Waals surface area contributed by atoms with Crippen LogP contribution in [0.1, 0.15) is 47.5 Å². The van der Waals surface area contributed by atoms with Crippen molar-refractivity contribution in [3.8, 4) is 0 Å². The topological polar surface area (TPSA) is 38.3 Å². The molecule has 0 saturated heterocycles. The van der Waals surface area contributed by atoms with Gasteiger partial charge in [0.25, 0.3) is 0 Å². The molecule has 1 N–H and O–H groups in total. The van der Waals surface area contributed by atoms with Crippen molar-refractivity contribution in [3.05, 3.63) is 0 Å². The molecule has 3 heteroatoms. The molecule has 96 valence electrons. The molecule has 0 aromatic rings. The van der Waals surface area contributed by atoms with Gasteiger partial charge in [0, 0.05) is 25.2 Å². The van der Waals surface area contributed by atoms with Gasteiger partial charge in [-0.15, -0.1) is 0 Å². The Morgan fingerprint density at radius 2 is 1.81 bits per heavy atom. The second kappa shape index (κ2) is 8.71. The quantitative estimate of drug-likeness (QED) is 0.617. The molecular weight excluding hydrogens is 202 g/mol. The number of nitrogens with one attached hydrogen (secondary N) is 1. The van der Waals surface area contributed by atoms with Gasteiger partial charge in [0.2, 0.25) is 0 Å². The van der Waals surface area contributed by atoms with Crippen molar-refractivity contribution in [3.63, 3.8) is 0 Å². The third-order valence-electron chi connectivity index (χ3n) is 2.35. The maximum absolute atomic E-state index is 11.9. The van der Waals surface area contributed by atoms with E-state index in [1.807, 2.05) is 13.8 Å². The molecule has 0 aromatic heterocycles. The maximum Gasteiger partial charge on any atom is 0.152 e. The van der Waals surface area contributed by atoms with Crippen LogP contribution in [0.3, 0.4) is 0 Å². The molecule has 0 aliphatic carbocycles. The molecule has 0 unspecified atom stereocenters. The van der Waals surface area contributed by atoms with Gasteiger partial charge in [-0.05, 0) is 12.8 Å². The molecule has 0 saturated carbocycles. The molecule has 0 bridgehead atoms. The predicted molar refractivity (Wildman–Crippen MR) is 67.6 cm³/mol. The van der Waals surface area contributed by atoms with Crippen LogP contribution in [0.15, 0.2) is 0 Å². The number of ketones is 1. The highest BCUT2D eigenvalue weighted by atomic mass is 16.5. The summed E-state index contributed by atoms with van der Waals surface area (Å²) in [6.07, 6.45) is 1.80. The lowest BCUT2D eigenvalue weighted by atomic mass is 9.99. The molecule has 0 amide bonds. The van der Waals surface area contributed by atoms with Crippen molar-refractivity contribution < 1.29 is 9.53 Å². The standard InChI is InChI=1S/C13H27NO2/c1-6-8-16-9-7-12(14-11(4)5)13(15)10(2)3/h10-12,14H,6-9H2,1-5H3/t12-/m0/s1. The lowest BCUT2D eigenvalue weighted by Crippen LogP contribution is -2.43. The van der Waals surface area contributed by atoms with Crippen molar-refractivity contribution >= 4 is 5.78 Å². The van der Waals surface area contributed by atoms with Gasteiger partial charge in [0.05, 0.1) is 6.04 Å². The monoisotopic (exact) mass is 229 g/mol. The highest BCUT2D eigenvalue weighted by Gasteiger charge is 2.21. The SMILES string of the molecule is CCCOCC[C@H](NC(C)C)C(=O)C(C)C. The Labute approximate surface area is 99.9 Å². The van der Waals surface area contributed by atoms with E-state index in [0.717, 1.165) is 19.4 Å². The molecule has 1 atom stereocenters. The Hall–Kier alpha value is -0.410. The number of rotatable bonds is 9. The number of Topliss-reactive ketones (excluding diaryl/α,β-unsaturated/α-hetero) is 1. The molecule has 0 rings (SSSR count). The second-order valence-corrected chi connectivity index (χ2v) is 4.83. The van der Waals surface area contributed by atoms with Crippen LogP contribution in [-0.4, -0.2) is 31.1 Å². The summed E-state index contributed by atoms with van der Waals surface area (Å²) < 4.78 is 5.43. The average molecular weight is 229 g/mol. The van der Waals surface area contributed by atoms with E-state index in [0.29, 0.717) is 12.6 Å². The highest BCUT2D eigenvalue weighted by Crippen LogP contribution is 2.05. The van der Waals surface area contributed by atoms with Gasteiger partial charge in [0.1, 0.15) is 0 Å². The summed E-state index contributed by atoms with van der Waals surface area (Å²) in [7, 11) is 0. The molecule has 0 aliphatic rings. The first-order chi connectivity index (χ1) is 7.49. The van der Waals surface area contributed by atoms with Crippen LogP contribution >= 0.6 is 0 Å². The smallest absolute Gasteiger partial charge is 0.152 e. The van der Waals surface area contributed by atoms with E-state index in [1.54, 1.807) is 0 Å². The summed E-state index contributed by atoms with van der Waals surface area (Å²) in [5.41, 5.74) is 0. The Kier molecular flexibility index (Phi) is 8.49. The van der Waals surface area contributed by atoms with E-state index in [-0.39, 0.29) is 17.7 Å². The van der Waals surface area contributed by atoms with E-state index >= 15 is 0 Å². The minimum atomic E-state index is -0.0585. The van der Waals surface area contributed by atoms with Gasteiger partial charge >= 0.3 is 0 Å². The molecule has 3 nitrogen and oxygen atoms in total. The van der Waals surface area contributed by atoms with Gasteiger partial charge in [-0.25, -0.2) is 0 Å². The first-order valence-electron chi connectivity index (χ1n) is 6.36. The molecule has 0 aliphatic heterocycles. The predicted octanol–water partition coefficient (Wildman–Crippen LogP) is 2.39. The van der Waals surface area contributed by atoms with Crippen molar-refractivity contribution in [2.75, 3.05) is 13.2 Å². The van der Waals surface area contributed by atoms with E-state index in [2.05, 4.69) is 26.1 Å². The van der Waals surface area contributed by atoms with Gasteiger partial charge in [-0.1, -0.05) is 34.6 Å². The Morgan fingerprint density at radius 3 is 2.25 bits per heavy atom. The third-order valence-corrected chi connectivity index (χ3v) is 2.35. The zero-order valence-corrected chi connectivity index (χ0v) is 11.4. The highest BCUT2D eigenvalue weighted by molar-refractivity contribution is 5.85. The van der Waals surface area contributed by atoms with Gasteiger partial charge < -0.3 is 10.1 Å². The summed E-state index contributed by atoms with van der Waals surface area (Å²) in [5, 5.41) is 3.31. The third kappa shape index (κ3) is 6.96. The average Bonchev–Trinajstić information content (AvgIpc) is 2.20. The van der Waals surface area contributed by atoms with Crippen LogP contribution in [-0.2, 0) is 9.53 Å². The molecule has 0 aromatic carbocycles. The van der Waals surface area contributed by atoms with Crippen LogP contribution in [0.5, 0.6) is 0 Å². The summed E-state index contributed by atoms with van der Waals surface area (Å²) in [5.74, 6) is 0.372. The Balaban J connectivity index is 4.05. The maximum atomic E-state index is 11.9. The molecule has 0 spiro atoms. The molecular formula is C13H27NO2. The fourth-order valence-corrected chi connectivity index (χ4v) is 1.56. The lowest BCUT2D eigenvalue weighted by molar-refractivity contribution is -0.124. The molecule has 16 heavy (non-hydrogen) atoms. The van der Waals surface area contributed by atoms with Crippen LogP contribution in [0.25, 0.3) is 0 Å². The van der Waals surface area contributed by atoms with Gasteiger partial charge in [-0.2, -0.15) is 0 Å². The molecule has 0 heterocycles. The number of carbonyl (C=O) groups excluding carboxylic acids is 1. The zero-order valence-electron chi connectivity index (χ0n) is 11.4. The van der Waals surface area contributed by atoms with Crippen LogP contribution in [0, 0.1) is 5.92 Å². The normalized spacial score (nSPS) is 13.4. The summed E-state index contributed by atoms with van der Waals surface area (Å²) >= 11 is 0. The Bertz CT molecular complexity index is 190. The first kappa shape index (κ1) is 15.6. The van der Waals surface area contributed by atoms with E-state index in [1.165, 1.54) is 0 Å². The second-order valence-electron chi connectivity index (χ2n) is 4.83. The van der Waals surface area contributed by atoms with Crippen LogP contribution < -0.4 is 5.32 Å². The first-order valence-corrected chi connectivity index (χ1v) is 6.36. The number of ether oxygens (including phenoxy) is 1. The van der Waals surface area contributed by atoms with E-state index < -0.39 is 0 Å². The van der Waals surface area contributed by atoms with Crippen molar-refractivity contribution in [1.29, 1.82) is 0 Å². The minimum Gasteiger partial charge on any atom is -0.381 e. The van der Waals surface area contributed by atoms with E-state index in [9.17, 15) is 4.79 Å². The minimum absolute atomic E-state index is 0.0585. The summed E-state index contributed by atoms with van der Waals surface area (Å²) in [6.45, 7) is 11.6. The lowest BCUT2D eigenvalue weighted by Gasteiger charge is -2.21. The largest absolute Gasteiger partial charge is 0.381 e. The van der Waals surface area contributed by atoms with Crippen LogP contribution in [0.2, 0.25) is 0 Å². The molecule has 0 fully saturated rings. The fourth-order valence-electron chi connectivity index (χ4n) is 1.56.